The van der Waals surface area contributed by atoms with Crippen LogP contribution in [0.4, 0.5) is 9.18 Å². The van der Waals surface area contributed by atoms with Gasteiger partial charge in [-0.15, -0.1) is 0 Å². The number of hydrogen-bond acceptors (Lipinski definition) is 5. The SMILES string of the molecule is CCNC(=O)NC(=O)C(OC(=O)C1CCCN(C(=O)c2ccc(F)cc2)C1)c1ccccc1. The second kappa shape index (κ2) is 11.2. The van der Waals surface area contributed by atoms with Gasteiger partial charge in [0.1, 0.15) is 5.82 Å². The molecular weight excluding hydrogens is 429 g/mol. The highest BCUT2D eigenvalue weighted by atomic mass is 19.1. The zero-order chi connectivity index (χ0) is 23.8. The average molecular weight is 455 g/mol. The summed E-state index contributed by atoms with van der Waals surface area (Å²) in [6.07, 6.45) is -0.247. The van der Waals surface area contributed by atoms with Crippen molar-refractivity contribution in [2.75, 3.05) is 19.6 Å². The number of piperidine rings is 1. The van der Waals surface area contributed by atoms with Crippen molar-refractivity contribution >= 4 is 23.8 Å². The molecular formula is C24H26FN3O5. The predicted octanol–water partition coefficient (Wildman–Crippen LogP) is 2.81. The minimum atomic E-state index is -1.32. The highest BCUT2D eigenvalue weighted by Gasteiger charge is 2.34. The number of ether oxygens (including phenoxy) is 1. The van der Waals surface area contributed by atoms with Crippen LogP contribution >= 0.6 is 0 Å². The highest BCUT2D eigenvalue weighted by molar-refractivity contribution is 5.98. The summed E-state index contributed by atoms with van der Waals surface area (Å²) in [7, 11) is 0. The molecule has 1 saturated heterocycles. The number of carbonyl (C=O) groups excluding carboxylic acids is 4. The third kappa shape index (κ3) is 6.38. The van der Waals surface area contributed by atoms with E-state index in [1.54, 1.807) is 37.3 Å². The number of amides is 4. The Balaban J connectivity index is 1.70. The maximum Gasteiger partial charge on any atom is 0.321 e. The molecule has 4 amide bonds. The smallest absolute Gasteiger partial charge is 0.321 e. The summed E-state index contributed by atoms with van der Waals surface area (Å²) in [6.45, 7) is 2.62. The van der Waals surface area contributed by atoms with Gasteiger partial charge in [0.25, 0.3) is 11.8 Å². The number of carbonyl (C=O) groups is 4. The predicted molar refractivity (Wildman–Crippen MR) is 118 cm³/mol. The molecule has 0 radical (unpaired) electrons. The number of urea groups is 1. The first kappa shape index (κ1) is 23.9. The summed E-state index contributed by atoms with van der Waals surface area (Å²) in [5, 5.41) is 4.64. The fraction of sp³-hybridized carbons (Fsp3) is 0.333. The molecule has 0 spiro atoms. The molecule has 0 aromatic heterocycles. The number of benzene rings is 2. The summed E-state index contributed by atoms with van der Waals surface area (Å²) < 4.78 is 18.7. The van der Waals surface area contributed by atoms with E-state index in [9.17, 15) is 23.6 Å². The second-order valence-electron chi connectivity index (χ2n) is 7.67. The van der Waals surface area contributed by atoms with Gasteiger partial charge in [0.05, 0.1) is 5.92 Å². The van der Waals surface area contributed by atoms with Crippen LogP contribution in [0.5, 0.6) is 0 Å². The normalized spacial score (nSPS) is 16.4. The Labute approximate surface area is 191 Å². The van der Waals surface area contributed by atoms with E-state index in [0.717, 1.165) is 0 Å². The van der Waals surface area contributed by atoms with Crippen molar-refractivity contribution in [2.24, 2.45) is 5.92 Å². The van der Waals surface area contributed by atoms with E-state index in [-0.39, 0.29) is 12.5 Å². The molecule has 2 N–H and O–H groups in total. The van der Waals surface area contributed by atoms with Crippen LogP contribution in [0.15, 0.2) is 54.6 Å². The van der Waals surface area contributed by atoms with E-state index in [2.05, 4.69) is 10.6 Å². The number of nitrogens with one attached hydrogen (secondary N) is 2. The third-order valence-corrected chi connectivity index (χ3v) is 5.28. The summed E-state index contributed by atoms with van der Waals surface area (Å²) >= 11 is 0. The Kier molecular flexibility index (Phi) is 8.12. The first-order valence-electron chi connectivity index (χ1n) is 10.8. The van der Waals surface area contributed by atoms with E-state index in [1.807, 2.05) is 0 Å². The Morgan fingerprint density at radius 3 is 2.45 bits per heavy atom. The molecule has 0 saturated carbocycles. The van der Waals surface area contributed by atoms with Gasteiger partial charge in [-0.1, -0.05) is 30.3 Å². The second-order valence-corrected chi connectivity index (χ2v) is 7.67. The number of esters is 1. The summed E-state index contributed by atoms with van der Waals surface area (Å²) in [6, 6.07) is 12.9. The topological polar surface area (TPSA) is 105 Å². The van der Waals surface area contributed by atoms with Gasteiger partial charge in [0, 0.05) is 30.8 Å². The lowest BCUT2D eigenvalue weighted by Crippen LogP contribution is -2.45. The number of halogens is 1. The van der Waals surface area contributed by atoms with E-state index in [1.165, 1.54) is 29.2 Å². The molecule has 0 bridgehead atoms. The largest absolute Gasteiger partial charge is 0.447 e. The molecule has 1 aliphatic rings. The number of likely N-dealkylation sites (tertiary alicyclic amines) is 1. The van der Waals surface area contributed by atoms with E-state index in [4.69, 9.17) is 4.74 Å². The van der Waals surface area contributed by atoms with Crippen LogP contribution in [0.2, 0.25) is 0 Å². The lowest BCUT2D eigenvalue weighted by atomic mass is 9.97. The van der Waals surface area contributed by atoms with Crippen molar-refractivity contribution in [3.63, 3.8) is 0 Å². The zero-order valence-corrected chi connectivity index (χ0v) is 18.3. The van der Waals surface area contributed by atoms with Crippen LogP contribution in [0.25, 0.3) is 0 Å². The van der Waals surface area contributed by atoms with Gasteiger partial charge in [-0.3, -0.25) is 19.7 Å². The molecule has 0 aliphatic carbocycles. The van der Waals surface area contributed by atoms with Crippen LogP contribution in [0.1, 0.15) is 41.8 Å². The maximum atomic E-state index is 13.2. The van der Waals surface area contributed by atoms with E-state index in [0.29, 0.717) is 37.1 Å². The Hall–Kier alpha value is -3.75. The molecule has 1 fully saturated rings. The lowest BCUT2D eigenvalue weighted by molar-refractivity contribution is -0.161. The van der Waals surface area contributed by atoms with Gasteiger partial charge >= 0.3 is 12.0 Å². The third-order valence-electron chi connectivity index (χ3n) is 5.28. The zero-order valence-electron chi connectivity index (χ0n) is 18.3. The number of hydrogen-bond donors (Lipinski definition) is 2. The van der Waals surface area contributed by atoms with Gasteiger partial charge in [-0.2, -0.15) is 0 Å². The Bertz CT molecular complexity index is 997. The molecule has 2 unspecified atom stereocenters. The van der Waals surface area contributed by atoms with Crippen molar-refractivity contribution < 1.29 is 28.3 Å². The first-order chi connectivity index (χ1) is 15.9. The summed E-state index contributed by atoms with van der Waals surface area (Å²) in [5.41, 5.74) is 0.747. The van der Waals surface area contributed by atoms with Crippen molar-refractivity contribution in [3.8, 4) is 0 Å². The van der Waals surface area contributed by atoms with Gasteiger partial charge in [0.15, 0.2) is 0 Å². The van der Waals surface area contributed by atoms with Crippen molar-refractivity contribution in [1.82, 2.24) is 15.5 Å². The van der Waals surface area contributed by atoms with Gasteiger partial charge in [-0.25, -0.2) is 9.18 Å². The summed E-state index contributed by atoms with van der Waals surface area (Å²) in [5.74, 6) is -2.78. The van der Waals surface area contributed by atoms with Crippen LogP contribution < -0.4 is 10.6 Å². The molecule has 2 atom stereocenters. The average Bonchev–Trinajstić information content (AvgIpc) is 2.83. The molecule has 1 heterocycles. The monoisotopic (exact) mass is 455 g/mol. The van der Waals surface area contributed by atoms with Crippen molar-refractivity contribution in [2.45, 2.75) is 25.9 Å². The fourth-order valence-electron chi connectivity index (χ4n) is 3.62. The molecule has 9 heteroatoms. The Morgan fingerprint density at radius 1 is 1.09 bits per heavy atom. The first-order valence-corrected chi connectivity index (χ1v) is 10.8. The van der Waals surface area contributed by atoms with Crippen LogP contribution in [-0.2, 0) is 14.3 Å². The maximum absolute atomic E-state index is 13.2. The van der Waals surface area contributed by atoms with E-state index >= 15 is 0 Å². The van der Waals surface area contributed by atoms with E-state index < -0.39 is 35.7 Å². The number of rotatable bonds is 6. The lowest BCUT2D eigenvalue weighted by Gasteiger charge is -2.32. The molecule has 2 aromatic carbocycles. The van der Waals surface area contributed by atoms with Gasteiger partial charge in [-0.05, 0) is 44.0 Å². The minimum absolute atomic E-state index is 0.120. The van der Waals surface area contributed by atoms with Gasteiger partial charge in [0.2, 0.25) is 6.10 Å². The quantitative estimate of drug-likeness (QED) is 0.652. The van der Waals surface area contributed by atoms with Gasteiger partial charge < -0.3 is 15.0 Å². The molecule has 2 aromatic rings. The fourth-order valence-corrected chi connectivity index (χ4v) is 3.62. The Morgan fingerprint density at radius 2 is 1.79 bits per heavy atom. The van der Waals surface area contributed by atoms with Crippen molar-refractivity contribution in [3.05, 3.63) is 71.5 Å². The number of imide groups is 1. The minimum Gasteiger partial charge on any atom is -0.447 e. The van der Waals surface area contributed by atoms with Crippen LogP contribution in [0.3, 0.4) is 0 Å². The number of nitrogens with zero attached hydrogens (tertiary/aromatic N) is 1. The molecule has 1 aliphatic heterocycles. The van der Waals surface area contributed by atoms with Crippen LogP contribution in [0, 0.1) is 11.7 Å². The molecule has 3 rings (SSSR count). The molecule has 8 nitrogen and oxygen atoms in total. The highest BCUT2D eigenvalue weighted by Crippen LogP contribution is 2.24. The van der Waals surface area contributed by atoms with Crippen LogP contribution in [-0.4, -0.2) is 48.3 Å². The molecule has 174 valence electrons. The molecule has 33 heavy (non-hydrogen) atoms. The van der Waals surface area contributed by atoms with Crippen molar-refractivity contribution in [1.29, 1.82) is 0 Å². The summed E-state index contributed by atoms with van der Waals surface area (Å²) in [4.78, 5) is 51.7. The standard InChI is InChI=1S/C24H26FN3O5/c1-2-26-24(32)27-21(29)20(16-7-4-3-5-8-16)33-23(31)18-9-6-14-28(15-18)22(30)17-10-12-19(25)13-11-17/h3-5,7-8,10-13,18,20H,2,6,9,14-15H2,1H3,(H2,26,27,29,32).